The van der Waals surface area contributed by atoms with E-state index in [-0.39, 0.29) is 0 Å². The third-order valence-corrected chi connectivity index (χ3v) is 3.04. The maximum Gasteiger partial charge on any atom is 0.0638 e. The van der Waals surface area contributed by atoms with Crippen molar-refractivity contribution >= 4 is 0 Å². The molecule has 1 unspecified atom stereocenters. The quantitative estimate of drug-likeness (QED) is 0.782. The first-order valence-electron chi connectivity index (χ1n) is 5.56. The predicted molar refractivity (Wildman–Crippen MR) is 58.7 cm³/mol. The van der Waals surface area contributed by atoms with Gasteiger partial charge >= 0.3 is 0 Å². The van der Waals surface area contributed by atoms with Gasteiger partial charge in [-0.05, 0) is 26.2 Å². The molecule has 1 aliphatic rings. The van der Waals surface area contributed by atoms with E-state index in [0.717, 1.165) is 32.0 Å². The minimum atomic E-state index is 0.692. The molecular weight excluding hydrogens is 190 g/mol. The lowest BCUT2D eigenvalue weighted by Crippen LogP contribution is -2.23. The molecule has 0 aliphatic carbocycles. The molecule has 1 aromatic rings. The van der Waals surface area contributed by atoms with E-state index < -0.39 is 0 Å². The van der Waals surface area contributed by atoms with Crippen molar-refractivity contribution in [3.05, 3.63) is 17.0 Å². The van der Waals surface area contributed by atoms with E-state index >= 15 is 0 Å². The zero-order valence-electron chi connectivity index (χ0n) is 9.47. The number of H-pyrrole nitrogens is 1. The number of aryl methyl sites for hydroxylation is 2. The van der Waals surface area contributed by atoms with Crippen LogP contribution in [0, 0.1) is 19.8 Å². The number of ether oxygens (including phenoxy) is 1. The van der Waals surface area contributed by atoms with Crippen molar-refractivity contribution in [1.29, 1.82) is 0 Å². The van der Waals surface area contributed by atoms with Gasteiger partial charge in [-0.25, -0.2) is 0 Å². The van der Waals surface area contributed by atoms with E-state index in [2.05, 4.69) is 22.4 Å². The zero-order valence-corrected chi connectivity index (χ0v) is 9.47. The Morgan fingerprint density at radius 3 is 3.00 bits per heavy atom. The Balaban J connectivity index is 1.77. The molecule has 0 amide bonds. The second kappa shape index (κ2) is 4.77. The molecule has 1 aliphatic heterocycles. The summed E-state index contributed by atoms with van der Waals surface area (Å²) in [5.74, 6) is 0.692. The van der Waals surface area contributed by atoms with E-state index in [1.165, 1.54) is 17.7 Å². The lowest BCUT2D eigenvalue weighted by molar-refractivity contribution is 0.185. The third-order valence-electron chi connectivity index (χ3n) is 3.04. The van der Waals surface area contributed by atoms with Crippen LogP contribution < -0.4 is 5.32 Å². The molecule has 4 nitrogen and oxygen atoms in total. The van der Waals surface area contributed by atoms with E-state index in [9.17, 15) is 0 Å². The highest BCUT2D eigenvalue weighted by molar-refractivity contribution is 5.22. The zero-order chi connectivity index (χ0) is 10.7. The normalized spacial score (nSPS) is 21.1. The molecule has 2 N–H and O–H groups in total. The van der Waals surface area contributed by atoms with Crippen LogP contribution in [-0.2, 0) is 11.3 Å². The molecule has 1 fully saturated rings. The SMILES string of the molecule is Cc1n[nH]c(C)c1CNCC1CCOC1. The van der Waals surface area contributed by atoms with Gasteiger partial charge in [0.15, 0.2) is 0 Å². The number of nitrogens with zero attached hydrogens (tertiary/aromatic N) is 1. The van der Waals surface area contributed by atoms with Crippen LogP contribution in [0.4, 0.5) is 0 Å². The second-order valence-electron chi connectivity index (χ2n) is 4.27. The number of nitrogens with one attached hydrogen (secondary N) is 2. The van der Waals surface area contributed by atoms with Gasteiger partial charge < -0.3 is 10.1 Å². The molecule has 0 spiro atoms. The second-order valence-corrected chi connectivity index (χ2v) is 4.27. The minimum Gasteiger partial charge on any atom is -0.381 e. The molecule has 15 heavy (non-hydrogen) atoms. The monoisotopic (exact) mass is 209 g/mol. The van der Waals surface area contributed by atoms with Gasteiger partial charge in [-0.1, -0.05) is 0 Å². The summed E-state index contributed by atoms with van der Waals surface area (Å²) in [6.07, 6.45) is 1.19. The van der Waals surface area contributed by atoms with Gasteiger partial charge in [0.05, 0.1) is 12.3 Å². The Morgan fingerprint density at radius 2 is 2.40 bits per heavy atom. The van der Waals surface area contributed by atoms with Crippen molar-refractivity contribution in [2.24, 2.45) is 5.92 Å². The Bertz CT molecular complexity index is 296. The molecular formula is C11H19N3O. The van der Waals surface area contributed by atoms with Crippen molar-refractivity contribution in [1.82, 2.24) is 15.5 Å². The number of rotatable bonds is 4. The summed E-state index contributed by atoms with van der Waals surface area (Å²) in [5, 5.41) is 10.6. The molecule has 0 bridgehead atoms. The molecule has 1 aromatic heterocycles. The standard InChI is InChI=1S/C11H19N3O/c1-8-11(9(2)14-13-8)6-12-5-10-3-4-15-7-10/h10,12H,3-7H2,1-2H3,(H,13,14). The van der Waals surface area contributed by atoms with Gasteiger partial charge in [-0.3, -0.25) is 5.10 Å². The summed E-state index contributed by atoms with van der Waals surface area (Å²) in [5.41, 5.74) is 3.57. The highest BCUT2D eigenvalue weighted by Crippen LogP contribution is 2.12. The molecule has 0 radical (unpaired) electrons. The van der Waals surface area contributed by atoms with E-state index in [4.69, 9.17) is 4.74 Å². The van der Waals surface area contributed by atoms with E-state index in [0.29, 0.717) is 5.92 Å². The van der Waals surface area contributed by atoms with Crippen LogP contribution in [0.5, 0.6) is 0 Å². The van der Waals surface area contributed by atoms with Gasteiger partial charge in [0.25, 0.3) is 0 Å². The lowest BCUT2D eigenvalue weighted by atomic mass is 10.1. The van der Waals surface area contributed by atoms with Crippen molar-refractivity contribution in [2.75, 3.05) is 19.8 Å². The molecule has 0 aromatic carbocycles. The third kappa shape index (κ3) is 2.58. The molecule has 0 saturated carbocycles. The Kier molecular flexibility index (Phi) is 3.38. The van der Waals surface area contributed by atoms with Crippen LogP contribution in [0.2, 0.25) is 0 Å². The molecule has 84 valence electrons. The average molecular weight is 209 g/mol. The van der Waals surface area contributed by atoms with Crippen LogP contribution in [0.1, 0.15) is 23.4 Å². The van der Waals surface area contributed by atoms with E-state index in [1.54, 1.807) is 0 Å². The van der Waals surface area contributed by atoms with Crippen molar-refractivity contribution < 1.29 is 4.74 Å². The van der Waals surface area contributed by atoms with Crippen LogP contribution in [0.15, 0.2) is 0 Å². The maximum atomic E-state index is 5.33. The molecule has 2 heterocycles. The fraction of sp³-hybridized carbons (Fsp3) is 0.727. The predicted octanol–water partition coefficient (Wildman–Crippen LogP) is 1.15. The van der Waals surface area contributed by atoms with Crippen LogP contribution >= 0.6 is 0 Å². The minimum absolute atomic E-state index is 0.692. The first-order valence-corrected chi connectivity index (χ1v) is 5.56. The molecule has 2 rings (SSSR count). The summed E-state index contributed by atoms with van der Waals surface area (Å²) < 4.78 is 5.33. The lowest BCUT2D eigenvalue weighted by Gasteiger charge is -2.09. The topological polar surface area (TPSA) is 49.9 Å². The van der Waals surface area contributed by atoms with Crippen LogP contribution in [0.25, 0.3) is 0 Å². The molecule has 1 atom stereocenters. The van der Waals surface area contributed by atoms with Gasteiger partial charge in [-0.15, -0.1) is 0 Å². The number of aromatic nitrogens is 2. The summed E-state index contributed by atoms with van der Waals surface area (Å²) in [6, 6.07) is 0. The summed E-state index contributed by atoms with van der Waals surface area (Å²) in [6.45, 7) is 7.90. The van der Waals surface area contributed by atoms with Gasteiger partial charge in [0, 0.05) is 31.0 Å². The largest absolute Gasteiger partial charge is 0.381 e. The smallest absolute Gasteiger partial charge is 0.0638 e. The summed E-state index contributed by atoms with van der Waals surface area (Å²) >= 11 is 0. The molecule has 1 saturated heterocycles. The van der Waals surface area contributed by atoms with E-state index in [1.807, 2.05) is 6.92 Å². The highest BCUT2D eigenvalue weighted by Gasteiger charge is 2.15. The van der Waals surface area contributed by atoms with Gasteiger partial charge in [0.2, 0.25) is 0 Å². The number of hydrogen-bond donors (Lipinski definition) is 2. The van der Waals surface area contributed by atoms with Crippen LogP contribution in [0.3, 0.4) is 0 Å². The van der Waals surface area contributed by atoms with Gasteiger partial charge in [-0.2, -0.15) is 5.10 Å². The Morgan fingerprint density at radius 1 is 1.53 bits per heavy atom. The number of hydrogen-bond acceptors (Lipinski definition) is 3. The van der Waals surface area contributed by atoms with Gasteiger partial charge in [0.1, 0.15) is 0 Å². The van der Waals surface area contributed by atoms with Crippen molar-refractivity contribution in [3.8, 4) is 0 Å². The fourth-order valence-corrected chi connectivity index (χ4v) is 1.98. The first kappa shape index (κ1) is 10.6. The fourth-order valence-electron chi connectivity index (χ4n) is 1.98. The first-order chi connectivity index (χ1) is 7.27. The Labute approximate surface area is 90.4 Å². The van der Waals surface area contributed by atoms with Crippen LogP contribution in [-0.4, -0.2) is 30.0 Å². The molecule has 4 heteroatoms. The summed E-state index contributed by atoms with van der Waals surface area (Å²) in [7, 11) is 0. The van der Waals surface area contributed by atoms with Crippen molar-refractivity contribution in [2.45, 2.75) is 26.8 Å². The summed E-state index contributed by atoms with van der Waals surface area (Å²) in [4.78, 5) is 0. The highest BCUT2D eigenvalue weighted by atomic mass is 16.5. The Hall–Kier alpha value is -0.870. The maximum absolute atomic E-state index is 5.33. The van der Waals surface area contributed by atoms with Crippen molar-refractivity contribution in [3.63, 3.8) is 0 Å². The number of aromatic amines is 1. The average Bonchev–Trinajstić information content (AvgIpc) is 2.82.